The fourth-order valence-corrected chi connectivity index (χ4v) is 2.58. The minimum atomic E-state index is -0.149. The quantitative estimate of drug-likeness (QED) is 0.515. The molecule has 0 aliphatic rings. The predicted octanol–water partition coefficient (Wildman–Crippen LogP) is 2.61. The van der Waals surface area contributed by atoms with Crippen LogP contribution in [-0.4, -0.2) is 9.97 Å². The van der Waals surface area contributed by atoms with Crippen LogP contribution in [0.15, 0.2) is 34.2 Å². The Morgan fingerprint density at radius 1 is 1.44 bits per heavy atom. The highest BCUT2D eigenvalue weighted by Gasteiger charge is 2.04. The maximum Gasteiger partial charge on any atom is 0.251 e. The van der Waals surface area contributed by atoms with Crippen molar-refractivity contribution in [2.75, 3.05) is 5.73 Å². The van der Waals surface area contributed by atoms with Gasteiger partial charge in [-0.15, -0.1) is 0 Å². The van der Waals surface area contributed by atoms with E-state index in [-0.39, 0.29) is 5.56 Å². The number of nitrogens with two attached hydrogens (primary N) is 1. The molecule has 1 aromatic carbocycles. The predicted molar refractivity (Wildman–Crippen MR) is 75.0 cm³/mol. The van der Waals surface area contributed by atoms with E-state index in [2.05, 4.69) is 9.97 Å². The number of aromatic amines is 1. The molecular formula is C12H12ClN3OS. The van der Waals surface area contributed by atoms with E-state index in [1.807, 2.05) is 6.07 Å². The molecule has 2 aromatic rings. The topological polar surface area (TPSA) is 71.8 Å². The summed E-state index contributed by atoms with van der Waals surface area (Å²) in [6, 6.07) is 6.79. The number of nitrogens with zero attached hydrogens (tertiary/aromatic N) is 1. The van der Waals surface area contributed by atoms with Crippen molar-refractivity contribution in [3.63, 3.8) is 0 Å². The largest absolute Gasteiger partial charge is 0.398 e. The second kappa shape index (κ2) is 5.46. The molecule has 0 spiro atoms. The SMILES string of the molecule is Cc1cc(=O)[nH]c(SCc2cc(Cl)ccc2N)n1. The molecule has 0 bridgehead atoms. The third-order valence-corrected chi connectivity index (χ3v) is 3.47. The summed E-state index contributed by atoms with van der Waals surface area (Å²) < 4.78 is 0. The average molecular weight is 282 g/mol. The molecule has 0 aliphatic carbocycles. The number of nitrogens with one attached hydrogen (secondary N) is 1. The Morgan fingerprint density at radius 2 is 2.22 bits per heavy atom. The van der Waals surface area contributed by atoms with Gasteiger partial charge in [0.15, 0.2) is 5.16 Å². The standard InChI is InChI=1S/C12H12ClN3OS/c1-7-4-11(17)16-12(15-7)18-6-8-5-9(13)2-3-10(8)14/h2-5H,6,14H2,1H3,(H,15,16,17). The van der Waals surface area contributed by atoms with Crippen LogP contribution >= 0.6 is 23.4 Å². The molecule has 18 heavy (non-hydrogen) atoms. The average Bonchev–Trinajstić information content (AvgIpc) is 2.29. The van der Waals surface area contributed by atoms with Gasteiger partial charge in [0, 0.05) is 28.2 Å². The third kappa shape index (κ3) is 3.27. The molecule has 0 saturated carbocycles. The van der Waals surface area contributed by atoms with Crippen molar-refractivity contribution < 1.29 is 0 Å². The van der Waals surface area contributed by atoms with Crippen LogP contribution in [0.25, 0.3) is 0 Å². The highest BCUT2D eigenvalue weighted by Crippen LogP contribution is 2.25. The number of hydrogen-bond acceptors (Lipinski definition) is 4. The van der Waals surface area contributed by atoms with Gasteiger partial charge in [0.1, 0.15) is 0 Å². The minimum Gasteiger partial charge on any atom is -0.398 e. The summed E-state index contributed by atoms with van der Waals surface area (Å²) in [5.41, 5.74) is 8.00. The van der Waals surface area contributed by atoms with E-state index < -0.39 is 0 Å². The van der Waals surface area contributed by atoms with Crippen molar-refractivity contribution in [2.24, 2.45) is 0 Å². The molecule has 94 valence electrons. The molecule has 0 atom stereocenters. The maximum atomic E-state index is 11.3. The zero-order valence-corrected chi connectivity index (χ0v) is 11.3. The fourth-order valence-electron chi connectivity index (χ4n) is 1.47. The van der Waals surface area contributed by atoms with Crippen LogP contribution in [0.1, 0.15) is 11.3 Å². The number of H-pyrrole nitrogens is 1. The van der Waals surface area contributed by atoms with Crippen molar-refractivity contribution in [1.29, 1.82) is 0 Å². The van der Waals surface area contributed by atoms with Gasteiger partial charge in [-0.25, -0.2) is 4.98 Å². The lowest BCUT2D eigenvalue weighted by atomic mass is 10.2. The molecule has 0 aliphatic heterocycles. The lowest BCUT2D eigenvalue weighted by Gasteiger charge is -2.05. The third-order valence-electron chi connectivity index (χ3n) is 2.32. The first kappa shape index (κ1) is 13.0. The summed E-state index contributed by atoms with van der Waals surface area (Å²) in [6.07, 6.45) is 0. The molecule has 2 rings (SSSR count). The number of nitrogen functional groups attached to an aromatic ring is 1. The van der Waals surface area contributed by atoms with E-state index in [0.717, 1.165) is 5.56 Å². The number of halogens is 1. The molecule has 1 aromatic heterocycles. The number of aryl methyl sites for hydroxylation is 1. The second-order valence-corrected chi connectivity index (χ2v) is 5.22. The van der Waals surface area contributed by atoms with Crippen LogP contribution < -0.4 is 11.3 Å². The van der Waals surface area contributed by atoms with E-state index in [4.69, 9.17) is 17.3 Å². The molecule has 0 saturated heterocycles. The van der Waals surface area contributed by atoms with Crippen molar-refractivity contribution in [2.45, 2.75) is 17.8 Å². The molecule has 0 fully saturated rings. The van der Waals surface area contributed by atoms with Gasteiger partial charge in [0.25, 0.3) is 5.56 Å². The van der Waals surface area contributed by atoms with Crippen LogP contribution in [0.5, 0.6) is 0 Å². The number of thioether (sulfide) groups is 1. The van der Waals surface area contributed by atoms with E-state index >= 15 is 0 Å². The molecule has 4 nitrogen and oxygen atoms in total. The van der Waals surface area contributed by atoms with Gasteiger partial charge in [-0.3, -0.25) is 4.79 Å². The van der Waals surface area contributed by atoms with Gasteiger partial charge in [-0.1, -0.05) is 23.4 Å². The summed E-state index contributed by atoms with van der Waals surface area (Å²) in [4.78, 5) is 18.2. The number of hydrogen-bond donors (Lipinski definition) is 2. The smallest absolute Gasteiger partial charge is 0.251 e. The van der Waals surface area contributed by atoms with E-state index in [1.165, 1.54) is 17.8 Å². The second-order valence-electron chi connectivity index (χ2n) is 3.82. The first-order valence-electron chi connectivity index (χ1n) is 5.29. The first-order chi connectivity index (χ1) is 8.54. The zero-order chi connectivity index (χ0) is 13.1. The summed E-state index contributed by atoms with van der Waals surface area (Å²) in [7, 11) is 0. The molecular weight excluding hydrogens is 270 g/mol. The van der Waals surface area contributed by atoms with E-state index in [0.29, 0.717) is 27.3 Å². The number of rotatable bonds is 3. The lowest BCUT2D eigenvalue weighted by Crippen LogP contribution is -2.08. The lowest BCUT2D eigenvalue weighted by molar-refractivity contribution is 0.905. The Balaban J connectivity index is 2.16. The Hall–Kier alpha value is -1.46. The summed E-state index contributed by atoms with van der Waals surface area (Å²) in [6.45, 7) is 1.78. The summed E-state index contributed by atoms with van der Waals surface area (Å²) in [5.74, 6) is 0.610. The first-order valence-corrected chi connectivity index (χ1v) is 6.65. The van der Waals surface area contributed by atoms with Gasteiger partial charge in [-0.2, -0.15) is 0 Å². The number of aromatic nitrogens is 2. The van der Waals surface area contributed by atoms with Gasteiger partial charge >= 0.3 is 0 Å². The Morgan fingerprint density at radius 3 is 2.94 bits per heavy atom. The van der Waals surface area contributed by atoms with Gasteiger partial charge in [-0.05, 0) is 30.7 Å². The highest BCUT2D eigenvalue weighted by atomic mass is 35.5. The summed E-state index contributed by atoms with van der Waals surface area (Å²) >= 11 is 7.33. The number of benzene rings is 1. The highest BCUT2D eigenvalue weighted by molar-refractivity contribution is 7.98. The fraction of sp³-hybridized carbons (Fsp3) is 0.167. The molecule has 6 heteroatoms. The zero-order valence-electron chi connectivity index (χ0n) is 9.74. The van der Waals surface area contributed by atoms with Crippen LogP contribution in [-0.2, 0) is 5.75 Å². The van der Waals surface area contributed by atoms with Crippen molar-refractivity contribution >= 4 is 29.1 Å². The minimum absolute atomic E-state index is 0.149. The van der Waals surface area contributed by atoms with Crippen molar-refractivity contribution in [3.8, 4) is 0 Å². The van der Waals surface area contributed by atoms with Crippen LogP contribution in [0.4, 0.5) is 5.69 Å². The van der Waals surface area contributed by atoms with Gasteiger partial charge in [0.05, 0.1) is 0 Å². The summed E-state index contributed by atoms with van der Waals surface area (Å²) in [5, 5.41) is 1.23. The van der Waals surface area contributed by atoms with Crippen LogP contribution in [0.3, 0.4) is 0 Å². The molecule has 3 N–H and O–H groups in total. The number of anilines is 1. The van der Waals surface area contributed by atoms with Gasteiger partial charge < -0.3 is 10.7 Å². The van der Waals surface area contributed by atoms with Gasteiger partial charge in [0.2, 0.25) is 0 Å². The normalized spacial score (nSPS) is 10.6. The Labute approximate surface area is 114 Å². The van der Waals surface area contributed by atoms with E-state index in [1.54, 1.807) is 19.1 Å². The van der Waals surface area contributed by atoms with Crippen molar-refractivity contribution in [3.05, 3.63) is 50.9 Å². The molecule has 0 unspecified atom stereocenters. The van der Waals surface area contributed by atoms with E-state index in [9.17, 15) is 4.79 Å². The van der Waals surface area contributed by atoms with Crippen LogP contribution in [0.2, 0.25) is 5.02 Å². The Kier molecular flexibility index (Phi) is 3.93. The monoisotopic (exact) mass is 281 g/mol. The Bertz CT molecular complexity index is 627. The van der Waals surface area contributed by atoms with Crippen LogP contribution in [0, 0.1) is 6.92 Å². The molecule has 1 heterocycles. The maximum absolute atomic E-state index is 11.3. The molecule has 0 amide bonds. The van der Waals surface area contributed by atoms with Crippen molar-refractivity contribution in [1.82, 2.24) is 9.97 Å². The molecule has 0 radical (unpaired) electrons.